The number of carbonyl (C=O) groups is 2. The fourth-order valence-electron chi connectivity index (χ4n) is 1.89. The first-order valence-electron chi connectivity index (χ1n) is 7.21. The van der Waals surface area contributed by atoms with E-state index in [-0.39, 0.29) is 11.3 Å². The van der Waals surface area contributed by atoms with Crippen LogP contribution < -0.4 is 5.32 Å². The van der Waals surface area contributed by atoms with Gasteiger partial charge >= 0.3 is 5.97 Å². The van der Waals surface area contributed by atoms with E-state index in [1.165, 1.54) is 36.4 Å². The summed E-state index contributed by atoms with van der Waals surface area (Å²) in [5.74, 6) is -2.58. The quantitative estimate of drug-likeness (QED) is 0.593. The number of halogens is 3. The second kappa shape index (κ2) is 8.53. The first-order chi connectivity index (χ1) is 11.8. The van der Waals surface area contributed by atoms with Crippen LogP contribution in [0.4, 0.5) is 14.5 Å². The molecule has 0 heterocycles. The maximum absolute atomic E-state index is 13.6. The monoisotopic (exact) mass is 409 g/mol. The zero-order valence-electron chi connectivity index (χ0n) is 13.2. The lowest BCUT2D eigenvalue weighted by molar-refractivity contribution is -0.142. The van der Waals surface area contributed by atoms with Gasteiger partial charge in [-0.15, -0.1) is 0 Å². The molecule has 2 rings (SSSR count). The number of anilines is 1. The number of hydrogen-bond donors (Lipinski definition) is 1. The molecule has 1 N–H and O–H groups in total. The molecule has 0 spiro atoms. The number of carbonyl (C=O) groups excluding carboxylic acids is 2. The Labute approximate surface area is 151 Å². The number of benzene rings is 2. The Kier molecular flexibility index (Phi) is 6.41. The van der Waals surface area contributed by atoms with Gasteiger partial charge < -0.3 is 10.1 Å². The molecule has 0 radical (unpaired) electrons. The number of amides is 1. The SMILES string of the molecule is Cc1ccc(NC(=O)COC(=O)/C=C/c2cc(Br)ccc2F)c(F)c1. The summed E-state index contributed by atoms with van der Waals surface area (Å²) >= 11 is 3.19. The van der Waals surface area contributed by atoms with E-state index in [4.69, 9.17) is 4.74 Å². The Morgan fingerprint density at radius 1 is 1.16 bits per heavy atom. The van der Waals surface area contributed by atoms with Gasteiger partial charge in [-0.3, -0.25) is 4.79 Å². The molecule has 4 nitrogen and oxygen atoms in total. The molecule has 0 saturated heterocycles. The van der Waals surface area contributed by atoms with Crippen LogP contribution in [0.1, 0.15) is 11.1 Å². The Morgan fingerprint density at radius 3 is 2.64 bits per heavy atom. The van der Waals surface area contributed by atoms with E-state index in [2.05, 4.69) is 21.2 Å². The number of ether oxygens (including phenoxy) is 1. The van der Waals surface area contributed by atoms with Crippen LogP contribution in [0.2, 0.25) is 0 Å². The van der Waals surface area contributed by atoms with Gasteiger partial charge in [0.2, 0.25) is 0 Å². The summed E-state index contributed by atoms with van der Waals surface area (Å²) in [6.45, 7) is 1.13. The fourth-order valence-corrected chi connectivity index (χ4v) is 2.27. The minimum atomic E-state index is -0.820. The number of esters is 1. The summed E-state index contributed by atoms with van der Waals surface area (Å²) in [6.07, 6.45) is 2.24. The number of rotatable bonds is 5. The molecule has 0 saturated carbocycles. The lowest BCUT2D eigenvalue weighted by Gasteiger charge is -2.07. The first kappa shape index (κ1) is 18.8. The van der Waals surface area contributed by atoms with Gasteiger partial charge in [-0.25, -0.2) is 13.6 Å². The van der Waals surface area contributed by atoms with Crippen molar-refractivity contribution < 1.29 is 23.1 Å². The van der Waals surface area contributed by atoms with Crippen molar-refractivity contribution in [1.82, 2.24) is 0 Å². The Bertz CT molecular complexity index is 837. The van der Waals surface area contributed by atoms with Crippen LogP contribution in [0, 0.1) is 18.6 Å². The number of aryl methyl sites for hydroxylation is 1. The Balaban J connectivity index is 1.87. The molecule has 2 aromatic rings. The second-order valence-corrected chi connectivity index (χ2v) is 6.05. The van der Waals surface area contributed by atoms with Gasteiger partial charge in [0.15, 0.2) is 6.61 Å². The molecule has 0 aliphatic rings. The first-order valence-corrected chi connectivity index (χ1v) is 8.00. The fraction of sp³-hybridized carbons (Fsp3) is 0.111. The Morgan fingerprint density at radius 2 is 1.92 bits per heavy atom. The van der Waals surface area contributed by atoms with Crippen molar-refractivity contribution in [3.8, 4) is 0 Å². The van der Waals surface area contributed by atoms with E-state index in [0.717, 1.165) is 6.08 Å². The summed E-state index contributed by atoms with van der Waals surface area (Å²) in [6, 6.07) is 8.60. The van der Waals surface area contributed by atoms with Gasteiger partial charge in [0.25, 0.3) is 5.91 Å². The highest BCUT2D eigenvalue weighted by Crippen LogP contribution is 2.17. The molecule has 1 amide bonds. The molecule has 0 aliphatic carbocycles. The molecule has 7 heteroatoms. The topological polar surface area (TPSA) is 55.4 Å². The van der Waals surface area contributed by atoms with E-state index in [0.29, 0.717) is 10.0 Å². The molecule has 0 atom stereocenters. The summed E-state index contributed by atoms with van der Waals surface area (Å²) in [5, 5.41) is 2.30. The standard InChI is InChI=1S/C18H14BrF2NO3/c1-11-2-6-16(15(21)8-11)22-17(23)10-25-18(24)7-3-12-9-13(19)4-5-14(12)20/h2-9H,10H2,1H3,(H,22,23)/b7-3+. The molecule has 2 aromatic carbocycles. The van der Waals surface area contributed by atoms with Crippen LogP contribution in [0.25, 0.3) is 6.08 Å². The zero-order valence-corrected chi connectivity index (χ0v) is 14.8. The largest absolute Gasteiger partial charge is 0.452 e. The molecule has 25 heavy (non-hydrogen) atoms. The van der Waals surface area contributed by atoms with Crippen molar-refractivity contribution >= 4 is 39.6 Å². The minimum absolute atomic E-state index is 0.00148. The van der Waals surface area contributed by atoms with Crippen LogP contribution in [0.5, 0.6) is 0 Å². The summed E-state index contributed by atoms with van der Waals surface area (Å²) in [7, 11) is 0. The normalized spacial score (nSPS) is 10.7. The van der Waals surface area contributed by atoms with Gasteiger partial charge in [-0.1, -0.05) is 22.0 Å². The van der Waals surface area contributed by atoms with Crippen molar-refractivity contribution in [1.29, 1.82) is 0 Å². The molecule has 0 bridgehead atoms. The van der Waals surface area contributed by atoms with Crippen molar-refractivity contribution in [2.75, 3.05) is 11.9 Å². The van der Waals surface area contributed by atoms with E-state index in [1.54, 1.807) is 13.0 Å². The predicted molar refractivity (Wildman–Crippen MR) is 93.9 cm³/mol. The number of nitrogens with one attached hydrogen (secondary N) is 1. The average molecular weight is 410 g/mol. The average Bonchev–Trinajstić information content (AvgIpc) is 2.56. The lowest BCUT2D eigenvalue weighted by Crippen LogP contribution is -2.20. The van der Waals surface area contributed by atoms with E-state index >= 15 is 0 Å². The van der Waals surface area contributed by atoms with Crippen LogP contribution >= 0.6 is 15.9 Å². The highest BCUT2D eigenvalue weighted by Gasteiger charge is 2.09. The lowest BCUT2D eigenvalue weighted by atomic mass is 10.2. The second-order valence-electron chi connectivity index (χ2n) is 5.14. The maximum atomic E-state index is 13.6. The van der Waals surface area contributed by atoms with Gasteiger partial charge in [-0.05, 0) is 48.9 Å². The highest BCUT2D eigenvalue weighted by atomic mass is 79.9. The molecular formula is C18H14BrF2NO3. The molecule has 0 unspecified atom stereocenters. The third-order valence-corrected chi connectivity index (χ3v) is 3.59. The number of hydrogen-bond acceptors (Lipinski definition) is 3. The van der Waals surface area contributed by atoms with Gasteiger partial charge in [-0.2, -0.15) is 0 Å². The van der Waals surface area contributed by atoms with Crippen LogP contribution in [-0.4, -0.2) is 18.5 Å². The maximum Gasteiger partial charge on any atom is 0.331 e. The zero-order chi connectivity index (χ0) is 18.4. The molecular weight excluding hydrogens is 396 g/mol. The van der Waals surface area contributed by atoms with E-state index < -0.39 is 30.1 Å². The van der Waals surface area contributed by atoms with Crippen molar-refractivity contribution in [2.24, 2.45) is 0 Å². The molecule has 0 aromatic heterocycles. The van der Waals surface area contributed by atoms with Gasteiger partial charge in [0, 0.05) is 16.1 Å². The third kappa shape index (κ3) is 5.79. The van der Waals surface area contributed by atoms with Crippen LogP contribution in [-0.2, 0) is 14.3 Å². The third-order valence-electron chi connectivity index (χ3n) is 3.10. The summed E-state index contributed by atoms with van der Waals surface area (Å²) < 4.78 is 32.5. The predicted octanol–water partition coefficient (Wildman–Crippen LogP) is 4.23. The van der Waals surface area contributed by atoms with Gasteiger partial charge in [0.05, 0.1) is 5.69 Å². The smallest absolute Gasteiger partial charge is 0.331 e. The van der Waals surface area contributed by atoms with Gasteiger partial charge in [0.1, 0.15) is 11.6 Å². The highest BCUT2D eigenvalue weighted by molar-refractivity contribution is 9.10. The van der Waals surface area contributed by atoms with Crippen molar-refractivity contribution in [3.63, 3.8) is 0 Å². The van der Waals surface area contributed by atoms with E-state index in [1.807, 2.05) is 0 Å². The Hall–Kier alpha value is -2.54. The van der Waals surface area contributed by atoms with E-state index in [9.17, 15) is 18.4 Å². The molecule has 0 fully saturated rings. The molecule has 0 aliphatic heterocycles. The molecule has 130 valence electrons. The summed E-state index contributed by atoms with van der Waals surface area (Å²) in [4.78, 5) is 23.3. The van der Waals surface area contributed by atoms with Crippen LogP contribution in [0.3, 0.4) is 0 Å². The van der Waals surface area contributed by atoms with Crippen molar-refractivity contribution in [3.05, 3.63) is 69.7 Å². The van der Waals surface area contributed by atoms with Crippen molar-refractivity contribution in [2.45, 2.75) is 6.92 Å². The minimum Gasteiger partial charge on any atom is -0.452 e. The van der Waals surface area contributed by atoms with Crippen LogP contribution in [0.15, 0.2) is 46.9 Å². The summed E-state index contributed by atoms with van der Waals surface area (Å²) in [5.41, 5.74) is 0.905.